The molecule has 16 heavy (non-hydrogen) atoms. The van der Waals surface area contributed by atoms with E-state index in [9.17, 15) is 0 Å². The average Bonchev–Trinajstić information content (AvgIpc) is 2.31. The van der Waals surface area contributed by atoms with Crippen LogP contribution in [0.1, 0.15) is 44.4 Å². The molecule has 0 spiro atoms. The summed E-state index contributed by atoms with van der Waals surface area (Å²) < 4.78 is 5.02. The Morgan fingerprint density at radius 3 is 1.94 bits per heavy atom. The number of benzene rings is 1. The Morgan fingerprint density at radius 1 is 1.06 bits per heavy atom. The van der Waals surface area contributed by atoms with Crippen molar-refractivity contribution in [3.05, 3.63) is 33.8 Å². The molecule has 0 fully saturated rings. The van der Waals surface area contributed by atoms with Gasteiger partial charge in [0.25, 0.3) is 0 Å². The number of methoxy groups -OCH3 is 1. The largest absolute Gasteiger partial charge is 0.380 e. The van der Waals surface area contributed by atoms with E-state index in [1.807, 2.05) is 40.7 Å². The van der Waals surface area contributed by atoms with Gasteiger partial charge in [0.2, 0.25) is 0 Å². The van der Waals surface area contributed by atoms with E-state index < -0.39 is 0 Å². The summed E-state index contributed by atoms with van der Waals surface area (Å²) in [5, 5.41) is 0.821. The Kier molecular flexibility index (Phi) is 12.2. The van der Waals surface area contributed by atoms with Crippen LogP contribution in [-0.2, 0) is 11.3 Å². The normalized spacial score (nSPS) is 8.50. The number of ether oxygens (including phenoxy) is 1. The summed E-state index contributed by atoms with van der Waals surface area (Å²) in [5.41, 5.74) is 3.50. The predicted molar refractivity (Wildman–Crippen MR) is 74.3 cm³/mol. The zero-order valence-electron chi connectivity index (χ0n) is 11.6. The second-order valence-electron chi connectivity index (χ2n) is 2.95. The van der Waals surface area contributed by atoms with Crippen LogP contribution >= 0.6 is 11.6 Å². The second-order valence-corrected chi connectivity index (χ2v) is 3.36. The van der Waals surface area contributed by atoms with E-state index in [2.05, 4.69) is 13.0 Å². The van der Waals surface area contributed by atoms with Crippen LogP contribution in [0.5, 0.6) is 0 Å². The molecule has 0 amide bonds. The third-order valence-corrected chi connectivity index (χ3v) is 2.37. The van der Waals surface area contributed by atoms with Crippen LogP contribution in [0.2, 0.25) is 5.02 Å². The molecule has 0 saturated carbocycles. The topological polar surface area (TPSA) is 9.23 Å². The molecule has 1 nitrogen and oxygen atoms in total. The molecule has 0 radical (unpaired) electrons. The lowest BCUT2D eigenvalue weighted by atomic mass is 10.1. The van der Waals surface area contributed by atoms with Gasteiger partial charge in [-0.3, -0.25) is 0 Å². The lowest BCUT2D eigenvalue weighted by Crippen LogP contribution is -1.91. The first kappa shape index (κ1) is 17.9. The van der Waals surface area contributed by atoms with Crippen molar-refractivity contribution in [2.75, 3.05) is 7.11 Å². The standard InChI is InChI=1S/C10H13ClO.2C2H6/c1-7-4-9(6-12-3)5-10(11)8(7)2;2*1-2/h4-5H,6H2,1-3H3;2*1-2H3. The van der Waals surface area contributed by atoms with Crippen LogP contribution in [-0.4, -0.2) is 7.11 Å². The maximum atomic E-state index is 6.00. The molecule has 94 valence electrons. The van der Waals surface area contributed by atoms with Crippen LogP contribution in [0.3, 0.4) is 0 Å². The quantitative estimate of drug-likeness (QED) is 0.699. The van der Waals surface area contributed by atoms with Gasteiger partial charge in [-0.1, -0.05) is 45.4 Å². The van der Waals surface area contributed by atoms with Crippen molar-refractivity contribution in [1.82, 2.24) is 0 Å². The Morgan fingerprint density at radius 2 is 1.56 bits per heavy atom. The minimum absolute atomic E-state index is 0.626. The molecule has 1 aromatic carbocycles. The molecule has 0 saturated heterocycles. The van der Waals surface area contributed by atoms with E-state index in [0.29, 0.717) is 6.61 Å². The minimum atomic E-state index is 0.626. The summed E-state index contributed by atoms with van der Waals surface area (Å²) in [6.45, 7) is 12.7. The Labute approximate surface area is 106 Å². The lowest BCUT2D eigenvalue weighted by molar-refractivity contribution is 0.185. The van der Waals surface area contributed by atoms with E-state index in [4.69, 9.17) is 16.3 Å². The molecular formula is C14H25ClO. The van der Waals surface area contributed by atoms with Gasteiger partial charge in [0.1, 0.15) is 0 Å². The smallest absolute Gasteiger partial charge is 0.0713 e. The van der Waals surface area contributed by atoms with Crippen molar-refractivity contribution in [2.24, 2.45) is 0 Å². The first-order valence-electron chi connectivity index (χ1n) is 5.89. The van der Waals surface area contributed by atoms with Gasteiger partial charge in [-0.2, -0.15) is 0 Å². The summed E-state index contributed by atoms with van der Waals surface area (Å²) in [4.78, 5) is 0. The third kappa shape index (κ3) is 6.14. The van der Waals surface area contributed by atoms with Crippen LogP contribution < -0.4 is 0 Å². The fourth-order valence-electron chi connectivity index (χ4n) is 1.14. The summed E-state index contributed by atoms with van der Waals surface area (Å²) in [5.74, 6) is 0. The van der Waals surface area contributed by atoms with Gasteiger partial charge in [-0.25, -0.2) is 0 Å². The molecule has 0 aliphatic carbocycles. The first-order valence-corrected chi connectivity index (χ1v) is 6.27. The molecule has 0 unspecified atom stereocenters. The number of aryl methyl sites for hydroxylation is 1. The highest BCUT2D eigenvalue weighted by Crippen LogP contribution is 2.21. The maximum Gasteiger partial charge on any atom is 0.0713 e. The Balaban J connectivity index is 0. The Bertz CT molecular complexity index is 259. The number of hydrogen-bond acceptors (Lipinski definition) is 1. The van der Waals surface area contributed by atoms with E-state index in [0.717, 1.165) is 16.1 Å². The third-order valence-electron chi connectivity index (χ3n) is 1.97. The highest BCUT2D eigenvalue weighted by molar-refractivity contribution is 6.31. The zero-order chi connectivity index (χ0) is 13.1. The van der Waals surface area contributed by atoms with E-state index >= 15 is 0 Å². The van der Waals surface area contributed by atoms with Gasteiger partial charge in [0, 0.05) is 12.1 Å². The highest BCUT2D eigenvalue weighted by Gasteiger charge is 2.01. The van der Waals surface area contributed by atoms with Gasteiger partial charge in [0.05, 0.1) is 6.61 Å². The molecule has 0 aliphatic rings. The van der Waals surface area contributed by atoms with Gasteiger partial charge in [0.15, 0.2) is 0 Å². The first-order chi connectivity index (χ1) is 7.65. The molecule has 0 aliphatic heterocycles. The second kappa shape index (κ2) is 11.0. The predicted octanol–water partition coefficient (Wildman–Crippen LogP) is 5.16. The summed E-state index contributed by atoms with van der Waals surface area (Å²) in [6.07, 6.45) is 0. The van der Waals surface area contributed by atoms with E-state index in [1.165, 1.54) is 5.56 Å². The molecule has 1 rings (SSSR count). The maximum absolute atomic E-state index is 6.00. The molecule has 0 bridgehead atoms. The zero-order valence-corrected chi connectivity index (χ0v) is 12.4. The van der Waals surface area contributed by atoms with Gasteiger partial charge in [-0.15, -0.1) is 0 Å². The van der Waals surface area contributed by atoms with Gasteiger partial charge >= 0.3 is 0 Å². The van der Waals surface area contributed by atoms with E-state index in [1.54, 1.807) is 7.11 Å². The SMILES string of the molecule is CC.CC.COCc1cc(C)c(C)c(Cl)c1. The monoisotopic (exact) mass is 244 g/mol. The molecule has 0 aromatic heterocycles. The van der Waals surface area contributed by atoms with Crippen molar-refractivity contribution in [2.45, 2.75) is 48.1 Å². The van der Waals surface area contributed by atoms with Crippen molar-refractivity contribution in [3.63, 3.8) is 0 Å². The van der Waals surface area contributed by atoms with Crippen molar-refractivity contribution in [1.29, 1.82) is 0 Å². The average molecular weight is 245 g/mol. The summed E-state index contributed by atoms with van der Waals surface area (Å²) in [6, 6.07) is 4.05. The van der Waals surface area contributed by atoms with Gasteiger partial charge in [-0.05, 0) is 36.6 Å². The fourth-order valence-corrected chi connectivity index (χ4v) is 1.43. The summed E-state index contributed by atoms with van der Waals surface area (Å²) >= 11 is 6.00. The van der Waals surface area contributed by atoms with Crippen LogP contribution in [0.15, 0.2) is 12.1 Å². The van der Waals surface area contributed by atoms with Crippen LogP contribution in [0.4, 0.5) is 0 Å². The van der Waals surface area contributed by atoms with Crippen molar-refractivity contribution >= 4 is 11.6 Å². The van der Waals surface area contributed by atoms with Crippen molar-refractivity contribution < 1.29 is 4.74 Å². The van der Waals surface area contributed by atoms with Gasteiger partial charge < -0.3 is 4.74 Å². The number of rotatable bonds is 2. The lowest BCUT2D eigenvalue weighted by Gasteiger charge is -2.06. The number of halogens is 1. The summed E-state index contributed by atoms with van der Waals surface area (Å²) in [7, 11) is 1.68. The molecule has 0 atom stereocenters. The minimum Gasteiger partial charge on any atom is -0.380 e. The van der Waals surface area contributed by atoms with Crippen molar-refractivity contribution in [3.8, 4) is 0 Å². The molecular weight excluding hydrogens is 220 g/mol. The molecule has 2 heteroatoms. The molecule has 0 heterocycles. The highest BCUT2D eigenvalue weighted by atomic mass is 35.5. The fraction of sp³-hybridized carbons (Fsp3) is 0.571. The Hall–Kier alpha value is -0.530. The molecule has 1 aromatic rings. The van der Waals surface area contributed by atoms with Crippen LogP contribution in [0, 0.1) is 13.8 Å². The molecule has 0 N–H and O–H groups in total. The van der Waals surface area contributed by atoms with Crippen LogP contribution in [0.25, 0.3) is 0 Å². The number of hydrogen-bond donors (Lipinski definition) is 0. The van der Waals surface area contributed by atoms with E-state index in [-0.39, 0.29) is 0 Å².